The monoisotopic (exact) mass is 369 g/mol. The third-order valence-corrected chi connectivity index (χ3v) is 4.32. The zero-order chi connectivity index (χ0) is 17.7. The first-order chi connectivity index (χ1) is 11.4. The van der Waals surface area contributed by atoms with Gasteiger partial charge in [0.2, 0.25) is 0 Å². The molecule has 0 spiro atoms. The maximum Gasteiger partial charge on any atom is 0.323 e. The van der Waals surface area contributed by atoms with Crippen molar-refractivity contribution in [2.45, 2.75) is 19.0 Å². The van der Waals surface area contributed by atoms with E-state index in [-0.39, 0.29) is 18.7 Å². The fraction of sp³-hybridized carbons (Fsp3) is 0.235. The van der Waals surface area contributed by atoms with Gasteiger partial charge in [-0.3, -0.25) is 4.79 Å². The van der Waals surface area contributed by atoms with E-state index in [0.717, 1.165) is 5.56 Å². The number of benzene rings is 2. The van der Waals surface area contributed by atoms with Crippen molar-refractivity contribution in [3.05, 3.63) is 63.6 Å². The molecule has 1 atom stereocenters. The minimum atomic E-state index is -1.03. The van der Waals surface area contributed by atoms with Crippen LogP contribution in [0.5, 0.6) is 5.75 Å². The number of hydroxylamine groups is 2. The Bertz CT molecular complexity index is 686. The normalized spacial score (nSPS) is 12.3. The number of nitrogens with zero attached hydrogens (tertiary/aromatic N) is 1. The van der Waals surface area contributed by atoms with Gasteiger partial charge in [-0.15, -0.1) is 0 Å². The summed E-state index contributed by atoms with van der Waals surface area (Å²) >= 11 is 12.3. The molecule has 0 amide bonds. The number of aliphatic carboxylic acids is 1. The molecule has 2 aromatic rings. The van der Waals surface area contributed by atoms with E-state index in [1.807, 2.05) is 0 Å². The average molecular weight is 370 g/mol. The molecule has 0 radical (unpaired) electrons. The third-order valence-electron chi connectivity index (χ3n) is 3.61. The summed E-state index contributed by atoms with van der Waals surface area (Å²) in [4.78, 5) is 17.0. The van der Waals surface area contributed by atoms with Crippen molar-refractivity contribution in [2.75, 3.05) is 7.11 Å². The molecule has 0 saturated heterocycles. The number of phenols is 1. The second kappa shape index (κ2) is 8.35. The van der Waals surface area contributed by atoms with Crippen LogP contribution < -0.4 is 0 Å². The van der Waals surface area contributed by atoms with E-state index in [1.165, 1.54) is 24.3 Å². The van der Waals surface area contributed by atoms with Crippen molar-refractivity contribution in [2.24, 2.45) is 0 Å². The summed E-state index contributed by atoms with van der Waals surface area (Å²) < 4.78 is 0. The van der Waals surface area contributed by atoms with Gasteiger partial charge >= 0.3 is 5.97 Å². The molecule has 0 fully saturated rings. The van der Waals surface area contributed by atoms with Crippen LogP contribution in [0.2, 0.25) is 10.0 Å². The number of aromatic hydroxyl groups is 1. The second-order valence-electron chi connectivity index (χ2n) is 5.18. The summed E-state index contributed by atoms with van der Waals surface area (Å²) in [5.41, 5.74) is 1.35. The molecule has 2 N–H and O–H groups in total. The van der Waals surface area contributed by atoms with E-state index in [2.05, 4.69) is 0 Å². The fourth-order valence-corrected chi connectivity index (χ4v) is 2.83. The molecule has 7 heteroatoms. The van der Waals surface area contributed by atoms with Gasteiger partial charge in [-0.1, -0.05) is 41.4 Å². The Morgan fingerprint density at radius 3 is 2.25 bits per heavy atom. The van der Waals surface area contributed by atoms with Gasteiger partial charge in [-0.2, -0.15) is 5.06 Å². The lowest BCUT2D eigenvalue weighted by molar-refractivity contribution is -0.188. The van der Waals surface area contributed by atoms with Crippen molar-refractivity contribution in [1.29, 1.82) is 0 Å². The molecular weight excluding hydrogens is 353 g/mol. The molecule has 128 valence electrons. The summed E-state index contributed by atoms with van der Waals surface area (Å²) in [7, 11) is 1.40. The van der Waals surface area contributed by atoms with Crippen LogP contribution in [0.15, 0.2) is 42.5 Å². The van der Waals surface area contributed by atoms with Gasteiger partial charge in [0.15, 0.2) is 0 Å². The lowest BCUT2D eigenvalue weighted by atomic mass is 10.0. The summed E-state index contributed by atoms with van der Waals surface area (Å²) in [6.07, 6.45) is 0.200. The number of carboxylic acids is 1. The zero-order valence-corrected chi connectivity index (χ0v) is 14.5. The van der Waals surface area contributed by atoms with Crippen LogP contribution in [0, 0.1) is 0 Å². The van der Waals surface area contributed by atoms with E-state index in [0.29, 0.717) is 15.6 Å². The molecule has 24 heavy (non-hydrogen) atoms. The highest BCUT2D eigenvalue weighted by atomic mass is 35.5. The first-order valence-corrected chi connectivity index (χ1v) is 7.92. The lowest BCUT2D eigenvalue weighted by Crippen LogP contribution is -2.41. The summed E-state index contributed by atoms with van der Waals surface area (Å²) in [6, 6.07) is 10.5. The van der Waals surface area contributed by atoms with Gasteiger partial charge in [0.1, 0.15) is 11.8 Å². The molecule has 0 aliphatic rings. The van der Waals surface area contributed by atoms with Crippen LogP contribution in [0.3, 0.4) is 0 Å². The quantitative estimate of drug-likeness (QED) is 0.727. The van der Waals surface area contributed by atoms with Gasteiger partial charge in [-0.05, 0) is 29.8 Å². The number of rotatable bonds is 7. The number of halogens is 2. The largest absolute Gasteiger partial charge is 0.508 e. The Morgan fingerprint density at radius 2 is 1.75 bits per heavy atom. The van der Waals surface area contributed by atoms with E-state index in [9.17, 15) is 15.0 Å². The molecule has 0 aliphatic carbocycles. The summed E-state index contributed by atoms with van der Waals surface area (Å²) in [6.45, 7) is 0.129. The molecule has 0 unspecified atom stereocenters. The SMILES string of the molecule is CON(Cc1c(Cl)cccc1Cl)[C@@H](Cc1ccc(O)cc1)C(=O)O. The standard InChI is InChI=1S/C17H17Cl2NO4/c1-24-20(10-13-14(18)3-2-4-15(13)19)16(17(22)23)9-11-5-7-12(21)8-6-11/h2-8,16,21H,9-10H2,1H3,(H,22,23)/t16-/m0/s1. The highest BCUT2D eigenvalue weighted by Gasteiger charge is 2.27. The van der Waals surface area contributed by atoms with Crippen molar-refractivity contribution in [1.82, 2.24) is 5.06 Å². The number of hydrogen-bond acceptors (Lipinski definition) is 4. The zero-order valence-electron chi connectivity index (χ0n) is 12.9. The fourth-order valence-electron chi connectivity index (χ4n) is 2.31. The lowest BCUT2D eigenvalue weighted by Gasteiger charge is -2.27. The van der Waals surface area contributed by atoms with Crippen LogP contribution in [0.25, 0.3) is 0 Å². The highest BCUT2D eigenvalue weighted by molar-refractivity contribution is 6.35. The Labute approximate surface area is 149 Å². The Hall–Kier alpha value is -1.79. The van der Waals surface area contributed by atoms with Crippen LogP contribution in [0.1, 0.15) is 11.1 Å². The predicted octanol–water partition coefficient (Wildman–Crippen LogP) is 3.76. The van der Waals surface area contributed by atoms with Gasteiger partial charge < -0.3 is 15.1 Å². The van der Waals surface area contributed by atoms with Crippen LogP contribution in [0.4, 0.5) is 0 Å². The van der Waals surface area contributed by atoms with Crippen LogP contribution in [-0.2, 0) is 22.6 Å². The minimum absolute atomic E-state index is 0.122. The maximum absolute atomic E-state index is 11.7. The number of phenolic OH excluding ortho intramolecular Hbond substituents is 1. The first kappa shape index (κ1) is 18.5. The topological polar surface area (TPSA) is 70.0 Å². The van der Waals surface area contributed by atoms with Gasteiger partial charge in [0, 0.05) is 22.0 Å². The third kappa shape index (κ3) is 4.61. The molecular formula is C17H17Cl2NO4. The second-order valence-corrected chi connectivity index (χ2v) is 6.00. The van der Waals surface area contributed by atoms with E-state index in [1.54, 1.807) is 30.3 Å². The summed E-state index contributed by atoms with van der Waals surface area (Å²) in [5, 5.41) is 21.1. The molecule has 0 aromatic heterocycles. The molecule has 0 saturated carbocycles. The van der Waals surface area contributed by atoms with Crippen molar-refractivity contribution >= 4 is 29.2 Å². The molecule has 2 aromatic carbocycles. The van der Waals surface area contributed by atoms with E-state index >= 15 is 0 Å². The Balaban J connectivity index is 2.23. The molecule has 0 aliphatic heterocycles. The van der Waals surface area contributed by atoms with E-state index in [4.69, 9.17) is 28.0 Å². The molecule has 5 nitrogen and oxygen atoms in total. The minimum Gasteiger partial charge on any atom is -0.508 e. The molecule has 2 rings (SSSR count). The Kier molecular flexibility index (Phi) is 6.45. The average Bonchev–Trinajstić information content (AvgIpc) is 2.54. The number of hydrogen-bond donors (Lipinski definition) is 2. The predicted molar refractivity (Wildman–Crippen MR) is 92.2 cm³/mol. The number of carboxylic acid groups (broad SMARTS) is 1. The van der Waals surface area contributed by atoms with Crippen molar-refractivity contribution < 1.29 is 19.8 Å². The maximum atomic E-state index is 11.7. The van der Waals surface area contributed by atoms with Gasteiger partial charge in [0.25, 0.3) is 0 Å². The van der Waals surface area contributed by atoms with Crippen molar-refractivity contribution in [3.8, 4) is 5.75 Å². The first-order valence-electron chi connectivity index (χ1n) is 7.16. The van der Waals surface area contributed by atoms with Gasteiger partial charge in [0.05, 0.1) is 13.7 Å². The van der Waals surface area contributed by atoms with Crippen LogP contribution in [-0.4, -0.2) is 34.4 Å². The van der Waals surface area contributed by atoms with Crippen LogP contribution >= 0.6 is 23.2 Å². The molecule has 0 bridgehead atoms. The highest BCUT2D eigenvalue weighted by Crippen LogP contribution is 2.27. The molecule has 0 heterocycles. The summed E-state index contributed by atoms with van der Waals surface area (Å²) in [5.74, 6) is -0.912. The smallest absolute Gasteiger partial charge is 0.323 e. The number of carbonyl (C=O) groups is 1. The van der Waals surface area contributed by atoms with E-state index < -0.39 is 12.0 Å². The van der Waals surface area contributed by atoms with Gasteiger partial charge in [-0.25, -0.2) is 0 Å². The van der Waals surface area contributed by atoms with Crippen molar-refractivity contribution in [3.63, 3.8) is 0 Å². The Morgan fingerprint density at radius 1 is 1.17 bits per heavy atom.